The van der Waals surface area contributed by atoms with E-state index in [9.17, 15) is 13.2 Å². The summed E-state index contributed by atoms with van der Waals surface area (Å²) >= 11 is 3.39. The van der Waals surface area contributed by atoms with Crippen molar-refractivity contribution in [3.8, 4) is 0 Å². The molecule has 3 aromatic rings. The molecule has 0 aliphatic carbocycles. The number of hydrogen-bond donors (Lipinski definition) is 1. The van der Waals surface area contributed by atoms with E-state index in [0.29, 0.717) is 5.69 Å². The minimum Gasteiger partial charge on any atom is -0.324 e. The molecular formula is C24H25BrN2O3S. The first-order valence-electron chi connectivity index (χ1n) is 10.1. The van der Waals surface area contributed by atoms with E-state index < -0.39 is 15.9 Å². The number of amides is 1. The summed E-state index contributed by atoms with van der Waals surface area (Å²) in [6, 6.07) is 21.0. The number of nitrogens with one attached hydrogen (secondary N) is 1. The number of carbonyl (C=O) groups is 1. The third kappa shape index (κ3) is 5.35. The van der Waals surface area contributed by atoms with Gasteiger partial charge in [0, 0.05) is 10.2 Å². The van der Waals surface area contributed by atoms with Crippen LogP contribution in [0.15, 0.2) is 82.2 Å². The third-order valence-electron chi connectivity index (χ3n) is 4.98. The van der Waals surface area contributed by atoms with Crippen LogP contribution in [0.2, 0.25) is 0 Å². The average molecular weight is 501 g/mol. The molecule has 0 aliphatic rings. The molecule has 162 valence electrons. The van der Waals surface area contributed by atoms with E-state index in [4.69, 9.17) is 0 Å². The Bertz CT molecular complexity index is 1140. The Morgan fingerprint density at radius 3 is 2.10 bits per heavy atom. The van der Waals surface area contributed by atoms with Gasteiger partial charge in [-0.25, -0.2) is 8.42 Å². The van der Waals surface area contributed by atoms with E-state index in [-0.39, 0.29) is 11.4 Å². The van der Waals surface area contributed by atoms with Gasteiger partial charge in [0.1, 0.15) is 6.54 Å². The van der Waals surface area contributed by atoms with Crippen LogP contribution in [0.3, 0.4) is 0 Å². The number of para-hydroxylation sites is 1. The Kier molecular flexibility index (Phi) is 7.51. The van der Waals surface area contributed by atoms with Gasteiger partial charge >= 0.3 is 0 Å². The summed E-state index contributed by atoms with van der Waals surface area (Å²) in [5, 5.41) is 2.96. The quantitative estimate of drug-likeness (QED) is 0.449. The average Bonchev–Trinajstić information content (AvgIpc) is 2.78. The summed E-state index contributed by atoms with van der Waals surface area (Å²) in [5.74, 6) is -0.393. The highest BCUT2D eigenvalue weighted by atomic mass is 79.9. The lowest BCUT2D eigenvalue weighted by molar-refractivity contribution is -0.114. The Morgan fingerprint density at radius 2 is 1.52 bits per heavy atom. The Morgan fingerprint density at radius 1 is 0.903 bits per heavy atom. The standard InChI is InChI=1S/C24H25BrN2O3S/c1-3-18-10-8-11-19(4-2)24(18)26-23(28)17-27(21-13-9-12-20(25)16-21)31(29,30)22-14-6-5-7-15-22/h5-16H,3-4,17H2,1-2H3,(H,26,28). The molecule has 1 N–H and O–H groups in total. The van der Waals surface area contributed by atoms with Crippen molar-refractivity contribution in [3.63, 3.8) is 0 Å². The number of hydrogen-bond acceptors (Lipinski definition) is 3. The van der Waals surface area contributed by atoms with Gasteiger partial charge in [-0.15, -0.1) is 0 Å². The van der Waals surface area contributed by atoms with Crippen molar-refractivity contribution in [2.75, 3.05) is 16.2 Å². The molecule has 0 bridgehead atoms. The van der Waals surface area contributed by atoms with Gasteiger partial charge in [-0.05, 0) is 54.3 Å². The molecule has 0 atom stereocenters. The number of carbonyl (C=O) groups excluding carboxylic acids is 1. The number of halogens is 1. The van der Waals surface area contributed by atoms with Crippen molar-refractivity contribution in [2.24, 2.45) is 0 Å². The molecule has 0 aliphatic heterocycles. The molecule has 1 amide bonds. The second kappa shape index (κ2) is 10.1. The summed E-state index contributed by atoms with van der Waals surface area (Å²) in [4.78, 5) is 13.2. The van der Waals surface area contributed by atoms with Crippen LogP contribution >= 0.6 is 15.9 Å². The number of rotatable bonds is 8. The maximum atomic E-state index is 13.4. The number of benzene rings is 3. The number of nitrogens with zero attached hydrogens (tertiary/aromatic N) is 1. The largest absolute Gasteiger partial charge is 0.324 e. The van der Waals surface area contributed by atoms with Crippen LogP contribution < -0.4 is 9.62 Å². The first-order valence-corrected chi connectivity index (χ1v) is 12.3. The fourth-order valence-corrected chi connectivity index (χ4v) is 5.20. The molecule has 0 saturated carbocycles. The first-order chi connectivity index (χ1) is 14.9. The second-order valence-electron chi connectivity index (χ2n) is 7.01. The molecular weight excluding hydrogens is 476 g/mol. The van der Waals surface area contributed by atoms with E-state index in [1.54, 1.807) is 36.4 Å². The summed E-state index contributed by atoms with van der Waals surface area (Å²) in [6.07, 6.45) is 1.53. The van der Waals surface area contributed by atoms with E-state index in [2.05, 4.69) is 21.2 Å². The maximum absolute atomic E-state index is 13.4. The molecule has 0 radical (unpaired) electrons. The lowest BCUT2D eigenvalue weighted by Crippen LogP contribution is -2.38. The van der Waals surface area contributed by atoms with Crippen molar-refractivity contribution >= 4 is 43.2 Å². The predicted molar refractivity (Wildman–Crippen MR) is 129 cm³/mol. The lowest BCUT2D eigenvalue weighted by Gasteiger charge is -2.25. The summed E-state index contributed by atoms with van der Waals surface area (Å²) in [6.45, 7) is 3.71. The highest BCUT2D eigenvalue weighted by Gasteiger charge is 2.27. The molecule has 7 heteroatoms. The van der Waals surface area contributed by atoms with Crippen LogP contribution in [0.5, 0.6) is 0 Å². The van der Waals surface area contributed by atoms with Crippen LogP contribution in [0.4, 0.5) is 11.4 Å². The fraction of sp³-hybridized carbons (Fsp3) is 0.208. The summed E-state index contributed by atoms with van der Waals surface area (Å²) < 4.78 is 28.7. The normalized spacial score (nSPS) is 11.2. The highest BCUT2D eigenvalue weighted by molar-refractivity contribution is 9.10. The monoisotopic (exact) mass is 500 g/mol. The Labute approximate surface area is 192 Å². The van der Waals surface area contributed by atoms with E-state index in [1.807, 2.05) is 38.1 Å². The molecule has 3 rings (SSSR count). The minimum atomic E-state index is -3.94. The van der Waals surface area contributed by atoms with Gasteiger partial charge in [0.2, 0.25) is 5.91 Å². The lowest BCUT2D eigenvalue weighted by atomic mass is 10.0. The van der Waals surface area contributed by atoms with E-state index >= 15 is 0 Å². The van der Waals surface area contributed by atoms with Gasteiger partial charge in [-0.2, -0.15) is 0 Å². The van der Waals surface area contributed by atoms with Crippen molar-refractivity contribution in [3.05, 3.63) is 88.4 Å². The SMILES string of the molecule is CCc1cccc(CC)c1NC(=O)CN(c1cccc(Br)c1)S(=O)(=O)c1ccccc1. The smallest absolute Gasteiger partial charge is 0.264 e. The van der Waals surface area contributed by atoms with Crippen molar-refractivity contribution in [1.29, 1.82) is 0 Å². The zero-order valence-electron chi connectivity index (χ0n) is 17.5. The van der Waals surface area contributed by atoms with Crippen molar-refractivity contribution in [1.82, 2.24) is 0 Å². The predicted octanol–water partition coefficient (Wildman–Crippen LogP) is 5.41. The van der Waals surface area contributed by atoms with Crippen LogP contribution in [-0.2, 0) is 27.7 Å². The van der Waals surface area contributed by atoms with Crippen LogP contribution in [0.1, 0.15) is 25.0 Å². The fourth-order valence-electron chi connectivity index (χ4n) is 3.38. The number of sulfonamides is 1. The molecule has 5 nitrogen and oxygen atoms in total. The zero-order valence-corrected chi connectivity index (χ0v) is 19.9. The number of aryl methyl sites for hydroxylation is 2. The van der Waals surface area contributed by atoms with Crippen LogP contribution in [-0.4, -0.2) is 20.9 Å². The van der Waals surface area contributed by atoms with E-state index in [0.717, 1.165) is 38.4 Å². The summed E-state index contributed by atoms with van der Waals surface area (Å²) in [5.41, 5.74) is 3.22. The molecule has 0 saturated heterocycles. The van der Waals surface area contributed by atoms with Gasteiger partial charge in [0.05, 0.1) is 10.6 Å². The topological polar surface area (TPSA) is 66.5 Å². The second-order valence-corrected chi connectivity index (χ2v) is 9.79. The van der Waals surface area contributed by atoms with Crippen molar-refractivity contribution in [2.45, 2.75) is 31.6 Å². The molecule has 0 heterocycles. The molecule has 0 aromatic heterocycles. The third-order valence-corrected chi connectivity index (χ3v) is 7.26. The molecule has 3 aromatic carbocycles. The summed E-state index contributed by atoms with van der Waals surface area (Å²) in [7, 11) is -3.94. The van der Waals surface area contributed by atoms with Gasteiger partial charge in [-0.3, -0.25) is 9.10 Å². The van der Waals surface area contributed by atoms with E-state index in [1.165, 1.54) is 12.1 Å². The van der Waals surface area contributed by atoms with Gasteiger partial charge < -0.3 is 5.32 Å². The first kappa shape index (κ1) is 23.0. The Balaban J connectivity index is 1.98. The van der Waals surface area contributed by atoms with Gasteiger partial charge in [-0.1, -0.05) is 72.2 Å². The van der Waals surface area contributed by atoms with Crippen molar-refractivity contribution < 1.29 is 13.2 Å². The van der Waals surface area contributed by atoms with Crippen LogP contribution in [0, 0.1) is 0 Å². The van der Waals surface area contributed by atoms with Crippen LogP contribution in [0.25, 0.3) is 0 Å². The highest BCUT2D eigenvalue weighted by Crippen LogP contribution is 2.27. The molecule has 31 heavy (non-hydrogen) atoms. The minimum absolute atomic E-state index is 0.131. The van der Waals surface area contributed by atoms with Gasteiger partial charge in [0.25, 0.3) is 10.0 Å². The molecule has 0 spiro atoms. The Hall–Kier alpha value is -2.64. The zero-order chi connectivity index (χ0) is 22.4. The number of anilines is 2. The maximum Gasteiger partial charge on any atom is 0.264 e. The molecule has 0 fully saturated rings. The molecule has 0 unspecified atom stereocenters. The van der Waals surface area contributed by atoms with Gasteiger partial charge in [0.15, 0.2) is 0 Å².